The van der Waals surface area contributed by atoms with E-state index in [4.69, 9.17) is 16.3 Å². The lowest BCUT2D eigenvalue weighted by Gasteiger charge is -2.12. The maximum absolute atomic E-state index is 13.0. The minimum atomic E-state index is -4.53. The zero-order chi connectivity index (χ0) is 25.0. The molecule has 0 atom stereocenters. The summed E-state index contributed by atoms with van der Waals surface area (Å²) >= 11 is 5.95. The van der Waals surface area contributed by atoms with Gasteiger partial charge in [-0.25, -0.2) is 4.39 Å². The molecule has 0 fully saturated rings. The van der Waals surface area contributed by atoms with Gasteiger partial charge in [0.15, 0.2) is 0 Å². The van der Waals surface area contributed by atoms with Gasteiger partial charge in [-0.05, 0) is 53.6 Å². The molecule has 0 saturated heterocycles. The summed E-state index contributed by atoms with van der Waals surface area (Å²) in [5.74, 6) is -0.969. The summed E-state index contributed by atoms with van der Waals surface area (Å²) in [7, 11) is 0. The average Bonchev–Trinajstić information content (AvgIpc) is 3.26. The van der Waals surface area contributed by atoms with Crippen molar-refractivity contribution in [2.75, 3.05) is 5.32 Å². The first-order valence-corrected chi connectivity index (χ1v) is 10.6. The number of anilines is 1. The summed E-state index contributed by atoms with van der Waals surface area (Å²) in [6.45, 7) is 0.263. The van der Waals surface area contributed by atoms with Crippen LogP contribution >= 0.6 is 11.6 Å². The van der Waals surface area contributed by atoms with Gasteiger partial charge in [0.1, 0.15) is 23.9 Å². The Balaban J connectivity index is 1.39. The van der Waals surface area contributed by atoms with Gasteiger partial charge in [-0.15, -0.1) is 0 Å². The highest BCUT2D eigenvalue weighted by Crippen LogP contribution is 2.35. The largest absolute Gasteiger partial charge is 0.487 e. The first-order chi connectivity index (χ1) is 16.7. The molecule has 4 rings (SSSR count). The summed E-state index contributed by atoms with van der Waals surface area (Å²) in [5.41, 5.74) is 0.962. The fourth-order valence-corrected chi connectivity index (χ4v) is 3.30. The second-order valence-electron chi connectivity index (χ2n) is 7.49. The van der Waals surface area contributed by atoms with E-state index >= 15 is 0 Å². The van der Waals surface area contributed by atoms with E-state index in [9.17, 15) is 22.4 Å². The average molecular weight is 505 g/mol. The van der Waals surface area contributed by atoms with Crippen molar-refractivity contribution in [1.29, 1.82) is 0 Å². The number of carbonyl (C=O) groups excluding carboxylic acids is 1. The molecule has 0 unspecified atom stereocenters. The molecule has 2 aromatic heterocycles. The number of halogens is 5. The van der Waals surface area contributed by atoms with Crippen LogP contribution in [-0.4, -0.2) is 20.7 Å². The van der Waals surface area contributed by atoms with Crippen LogP contribution in [-0.2, 0) is 19.3 Å². The molecule has 180 valence electrons. The molecule has 0 bridgehead atoms. The van der Waals surface area contributed by atoms with Gasteiger partial charge in [0.25, 0.3) is 5.91 Å². The summed E-state index contributed by atoms with van der Waals surface area (Å²) in [4.78, 5) is 16.6. The molecular weight excluding hydrogens is 488 g/mol. The van der Waals surface area contributed by atoms with Gasteiger partial charge in [0, 0.05) is 12.4 Å². The second kappa shape index (κ2) is 10.1. The second-order valence-corrected chi connectivity index (χ2v) is 7.90. The topological polar surface area (TPSA) is 69.0 Å². The van der Waals surface area contributed by atoms with Crippen LogP contribution in [0, 0.1) is 5.82 Å². The number of hydrogen-bond donors (Lipinski definition) is 1. The first kappa shape index (κ1) is 24.2. The molecule has 11 heteroatoms. The van der Waals surface area contributed by atoms with Crippen LogP contribution < -0.4 is 10.1 Å². The van der Waals surface area contributed by atoms with Crippen molar-refractivity contribution in [2.45, 2.75) is 19.3 Å². The van der Waals surface area contributed by atoms with Crippen molar-refractivity contribution in [2.24, 2.45) is 0 Å². The predicted octanol–water partition coefficient (Wildman–Crippen LogP) is 5.97. The molecule has 0 saturated carbocycles. The van der Waals surface area contributed by atoms with E-state index in [0.717, 1.165) is 23.8 Å². The number of carbonyl (C=O) groups is 1. The highest BCUT2D eigenvalue weighted by molar-refractivity contribution is 6.32. The molecule has 0 aliphatic rings. The monoisotopic (exact) mass is 504 g/mol. The maximum Gasteiger partial charge on any atom is 0.416 e. The number of pyridine rings is 1. The van der Waals surface area contributed by atoms with Crippen molar-refractivity contribution >= 4 is 23.2 Å². The summed E-state index contributed by atoms with van der Waals surface area (Å²) in [5, 5.41) is 6.88. The van der Waals surface area contributed by atoms with E-state index in [1.807, 2.05) is 0 Å². The third-order valence-corrected chi connectivity index (χ3v) is 5.17. The lowest BCUT2D eigenvalue weighted by atomic mass is 10.2. The highest BCUT2D eigenvalue weighted by Gasteiger charge is 2.31. The van der Waals surface area contributed by atoms with Crippen molar-refractivity contribution in [1.82, 2.24) is 14.8 Å². The molecule has 0 aliphatic carbocycles. The van der Waals surface area contributed by atoms with Crippen LogP contribution in [0.5, 0.6) is 5.75 Å². The fraction of sp³-hybridized carbons (Fsp3) is 0.125. The summed E-state index contributed by atoms with van der Waals surface area (Å²) in [6.07, 6.45) is -0.0648. The van der Waals surface area contributed by atoms with Gasteiger partial charge in [0.2, 0.25) is 0 Å². The minimum absolute atomic E-state index is 0.0303. The van der Waals surface area contributed by atoms with Gasteiger partial charge in [0.05, 0.1) is 29.0 Å². The Kier molecular flexibility index (Phi) is 7.02. The summed E-state index contributed by atoms with van der Waals surface area (Å²) in [6, 6.07) is 11.8. The van der Waals surface area contributed by atoms with Crippen LogP contribution in [0.2, 0.25) is 5.02 Å². The number of benzene rings is 2. The molecule has 0 aliphatic heterocycles. The van der Waals surface area contributed by atoms with Crippen LogP contribution in [0.25, 0.3) is 0 Å². The van der Waals surface area contributed by atoms with Crippen molar-refractivity contribution in [3.8, 4) is 5.75 Å². The van der Waals surface area contributed by atoms with Crippen molar-refractivity contribution < 1.29 is 27.1 Å². The highest BCUT2D eigenvalue weighted by atomic mass is 35.5. The lowest BCUT2D eigenvalue weighted by molar-refractivity contribution is -0.137. The molecule has 2 aromatic carbocycles. The SMILES string of the molecule is O=C(Nc1cnn(Cc2ccc(F)cc2)c1)c1cc(COc2cc(C(F)(F)F)ccc2Cl)ccn1. The molecule has 6 nitrogen and oxygen atoms in total. The smallest absolute Gasteiger partial charge is 0.416 e. The Morgan fingerprint density at radius 2 is 1.83 bits per heavy atom. The van der Waals surface area contributed by atoms with E-state index in [1.165, 1.54) is 30.6 Å². The Morgan fingerprint density at radius 1 is 1.06 bits per heavy atom. The third kappa shape index (κ3) is 6.36. The van der Waals surface area contributed by atoms with Gasteiger partial charge in [-0.1, -0.05) is 23.7 Å². The Bertz CT molecular complexity index is 1340. The third-order valence-electron chi connectivity index (χ3n) is 4.86. The maximum atomic E-state index is 13.0. The lowest BCUT2D eigenvalue weighted by Crippen LogP contribution is -2.14. The Hall–Kier alpha value is -3.92. The van der Waals surface area contributed by atoms with Crippen LogP contribution in [0.3, 0.4) is 0 Å². The van der Waals surface area contributed by atoms with Crippen molar-refractivity contribution in [3.63, 3.8) is 0 Å². The Labute approximate surface area is 202 Å². The first-order valence-electron chi connectivity index (χ1n) is 10.2. The number of nitrogens with zero attached hydrogens (tertiary/aromatic N) is 3. The van der Waals surface area contributed by atoms with Crippen LogP contribution in [0.1, 0.15) is 27.2 Å². The molecule has 0 spiro atoms. The Morgan fingerprint density at radius 3 is 2.57 bits per heavy atom. The van der Waals surface area contributed by atoms with E-state index in [-0.39, 0.29) is 28.9 Å². The molecule has 4 aromatic rings. The van der Waals surface area contributed by atoms with Gasteiger partial charge >= 0.3 is 6.18 Å². The van der Waals surface area contributed by atoms with Gasteiger partial charge in [-0.3, -0.25) is 14.5 Å². The number of aromatic nitrogens is 3. The predicted molar refractivity (Wildman–Crippen MR) is 121 cm³/mol. The quantitative estimate of drug-likeness (QED) is 0.315. The van der Waals surface area contributed by atoms with Gasteiger partial charge < -0.3 is 10.1 Å². The number of nitrogens with one attached hydrogen (secondary N) is 1. The molecule has 1 amide bonds. The number of amides is 1. The van der Waals surface area contributed by atoms with E-state index < -0.39 is 17.6 Å². The molecule has 35 heavy (non-hydrogen) atoms. The molecule has 0 radical (unpaired) electrons. The number of alkyl halides is 3. The summed E-state index contributed by atoms with van der Waals surface area (Å²) < 4.78 is 58.9. The molecular formula is C24H17ClF4N4O2. The van der Waals surface area contributed by atoms with E-state index in [2.05, 4.69) is 15.4 Å². The number of ether oxygens (including phenoxy) is 1. The normalized spacial score (nSPS) is 11.3. The molecule has 2 heterocycles. The van der Waals surface area contributed by atoms with E-state index in [1.54, 1.807) is 29.1 Å². The zero-order valence-electron chi connectivity index (χ0n) is 17.9. The molecule has 1 N–H and O–H groups in total. The standard InChI is InChI=1S/C24H17ClF4N4O2/c25-20-6-3-17(24(27,28)29)10-22(20)35-14-16-7-8-30-21(9-16)23(34)32-19-11-31-33(13-19)12-15-1-4-18(26)5-2-15/h1-11,13H,12,14H2,(H,32,34). The number of hydrogen-bond acceptors (Lipinski definition) is 4. The minimum Gasteiger partial charge on any atom is -0.487 e. The van der Waals surface area contributed by atoms with E-state index in [0.29, 0.717) is 17.8 Å². The van der Waals surface area contributed by atoms with Gasteiger partial charge in [-0.2, -0.15) is 18.3 Å². The van der Waals surface area contributed by atoms with Crippen LogP contribution in [0.4, 0.5) is 23.2 Å². The number of rotatable bonds is 7. The fourth-order valence-electron chi connectivity index (χ4n) is 3.13. The zero-order valence-corrected chi connectivity index (χ0v) is 18.6. The van der Waals surface area contributed by atoms with Crippen molar-refractivity contribution in [3.05, 3.63) is 106 Å². The van der Waals surface area contributed by atoms with Crippen LogP contribution in [0.15, 0.2) is 73.2 Å².